The van der Waals surface area contributed by atoms with Crippen LogP contribution in [0.4, 0.5) is 0 Å². The van der Waals surface area contributed by atoms with E-state index in [0.29, 0.717) is 5.92 Å². The van der Waals surface area contributed by atoms with Crippen molar-refractivity contribution in [3.63, 3.8) is 0 Å². The number of benzene rings is 1. The summed E-state index contributed by atoms with van der Waals surface area (Å²) in [6, 6.07) is 6.68. The molecular formula is C15H23NO4S. The molecule has 0 aliphatic heterocycles. The van der Waals surface area contributed by atoms with Crippen molar-refractivity contribution in [2.45, 2.75) is 39.0 Å². The van der Waals surface area contributed by atoms with E-state index in [9.17, 15) is 13.2 Å². The minimum absolute atomic E-state index is 0.149. The van der Waals surface area contributed by atoms with E-state index in [-0.39, 0.29) is 11.4 Å². The number of rotatable bonds is 7. The summed E-state index contributed by atoms with van der Waals surface area (Å²) in [5.74, 6) is -0.542. The summed E-state index contributed by atoms with van der Waals surface area (Å²) in [4.78, 5) is 11.1. The molecule has 118 valence electrons. The molecule has 0 amide bonds. The van der Waals surface area contributed by atoms with Gasteiger partial charge in [-0.1, -0.05) is 26.0 Å². The summed E-state index contributed by atoms with van der Waals surface area (Å²) in [5, 5.41) is 8.99. The van der Waals surface area contributed by atoms with Crippen LogP contribution in [-0.4, -0.2) is 26.0 Å². The van der Waals surface area contributed by atoms with E-state index in [1.54, 1.807) is 24.3 Å². The van der Waals surface area contributed by atoms with Gasteiger partial charge in [0.2, 0.25) is 10.0 Å². The Morgan fingerprint density at radius 1 is 1.24 bits per heavy atom. The van der Waals surface area contributed by atoms with Crippen molar-refractivity contribution in [2.75, 3.05) is 6.54 Å². The predicted octanol–water partition coefficient (Wildman–Crippen LogP) is 2.27. The van der Waals surface area contributed by atoms with E-state index in [4.69, 9.17) is 5.11 Å². The van der Waals surface area contributed by atoms with E-state index in [1.807, 2.05) is 0 Å². The number of carboxylic acid groups (broad SMARTS) is 1. The maximum Gasteiger partial charge on any atom is 0.310 e. The SMILES string of the molecule is CC(C)Cc1ccc(S(=O)(=O)NCC(C)(C)C(=O)O)cc1. The van der Waals surface area contributed by atoms with Crippen LogP contribution in [0.2, 0.25) is 0 Å². The summed E-state index contributed by atoms with van der Waals surface area (Å²) in [6.45, 7) is 6.99. The molecule has 0 aliphatic rings. The Bertz CT molecular complexity index is 589. The molecule has 5 nitrogen and oxygen atoms in total. The second-order valence-corrected chi connectivity index (χ2v) is 8.02. The van der Waals surface area contributed by atoms with Crippen LogP contribution >= 0.6 is 0 Å². The molecule has 21 heavy (non-hydrogen) atoms. The number of hydrogen-bond donors (Lipinski definition) is 2. The summed E-state index contributed by atoms with van der Waals surface area (Å²) >= 11 is 0. The van der Waals surface area contributed by atoms with Crippen LogP contribution in [-0.2, 0) is 21.2 Å². The minimum atomic E-state index is -3.69. The third-order valence-electron chi connectivity index (χ3n) is 3.16. The molecule has 0 saturated carbocycles. The third-order valence-corrected chi connectivity index (χ3v) is 4.58. The molecule has 0 radical (unpaired) electrons. The lowest BCUT2D eigenvalue weighted by Crippen LogP contribution is -2.38. The van der Waals surface area contributed by atoms with Crippen molar-refractivity contribution in [3.05, 3.63) is 29.8 Å². The van der Waals surface area contributed by atoms with Gasteiger partial charge in [0, 0.05) is 6.54 Å². The fourth-order valence-corrected chi connectivity index (χ4v) is 2.92. The van der Waals surface area contributed by atoms with Crippen LogP contribution in [0.3, 0.4) is 0 Å². The molecule has 0 saturated heterocycles. The van der Waals surface area contributed by atoms with E-state index >= 15 is 0 Å². The van der Waals surface area contributed by atoms with Crippen molar-refractivity contribution in [3.8, 4) is 0 Å². The standard InChI is InChI=1S/C15H23NO4S/c1-11(2)9-12-5-7-13(8-6-12)21(19,20)16-10-15(3,4)14(17)18/h5-8,11,16H,9-10H2,1-4H3,(H,17,18). The molecule has 0 spiro atoms. The highest BCUT2D eigenvalue weighted by Crippen LogP contribution is 2.17. The number of nitrogens with one attached hydrogen (secondary N) is 1. The van der Waals surface area contributed by atoms with E-state index < -0.39 is 21.4 Å². The molecule has 0 fully saturated rings. The highest BCUT2D eigenvalue weighted by atomic mass is 32.2. The van der Waals surface area contributed by atoms with Crippen LogP contribution in [0.25, 0.3) is 0 Å². The predicted molar refractivity (Wildman–Crippen MR) is 81.6 cm³/mol. The fraction of sp³-hybridized carbons (Fsp3) is 0.533. The summed E-state index contributed by atoms with van der Waals surface area (Å²) in [7, 11) is -3.69. The zero-order valence-electron chi connectivity index (χ0n) is 12.9. The first-order chi connectivity index (χ1) is 9.54. The Morgan fingerprint density at radius 2 is 1.76 bits per heavy atom. The normalized spacial score (nSPS) is 12.6. The van der Waals surface area contributed by atoms with E-state index in [2.05, 4.69) is 18.6 Å². The molecule has 0 heterocycles. The number of aliphatic carboxylic acids is 1. The van der Waals surface area contributed by atoms with E-state index in [0.717, 1.165) is 12.0 Å². The van der Waals surface area contributed by atoms with Gasteiger partial charge in [0.15, 0.2) is 0 Å². The summed E-state index contributed by atoms with van der Waals surface area (Å²) in [5.41, 5.74) is -0.0696. The Kier molecular flexibility index (Phi) is 5.53. The van der Waals surface area contributed by atoms with E-state index in [1.165, 1.54) is 13.8 Å². The van der Waals surface area contributed by atoms with Crippen molar-refractivity contribution in [1.29, 1.82) is 0 Å². The zero-order valence-corrected chi connectivity index (χ0v) is 13.7. The first-order valence-electron chi connectivity index (χ1n) is 6.86. The van der Waals surface area contributed by atoms with Gasteiger partial charge in [-0.15, -0.1) is 0 Å². The molecule has 1 rings (SSSR count). The highest BCUT2D eigenvalue weighted by Gasteiger charge is 2.29. The lowest BCUT2D eigenvalue weighted by Gasteiger charge is -2.19. The van der Waals surface area contributed by atoms with Gasteiger partial charge in [0.1, 0.15) is 0 Å². The maximum absolute atomic E-state index is 12.1. The van der Waals surface area contributed by atoms with Crippen molar-refractivity contribution < 1.29 is 18.3 Å². The summed E-state index contributed by atoms with van der Waals surface area (Å²) in [6.07, 6.45) is 0.889. The van der Waals surface area contributed by atoms with Crippen LogP contribution < -0.4 is 4.72 Å². The number of carboxylic acids is 1. The lowest BCUT2D eigenvalue weighted by atomic mass is 9.95. The van der Waals surface area contributed by atoms with Crippen LogP contribution in [0.1, 0.15) is 33.3 Å². The average molecular weight is 313 g/mol. The Morgan fingerprint density at radius 3 is 2.19 bits per heavy atom. The molecule has 0 aliphatic carbocycles. The largest absolute Gasteiger partial charge is 0.481 e. The monoisotopic (exact) mass is 313 g/mol. The molecule has 6 heteroatoms. The maximum atomic E-state index is 12.1. The second-order valence-electron chi connectivity index (χ2n) is 6.26. The van der Waals surface area contributed by atoms with Crippen LogP contribution in [0.5, 0.6) is 0 Å². The Balaban J connectivity index is 2.81. The van der Waals surface area contributed by atoms with Gasteiger partial charge in [0.25, 0.3) is 0 Å². The number of sulfonamides is 1. The van der Waals surface area contributed by atoms with Crippen molar-refractivity contribution >= 4 is 16.0 Å². The van der Waals surface area contributed by atoms with Crippen molar-refractivity contribution in [1.82, 2.24) is 4.72 Å². The van der Waals surface area contributed by atoms with Crippen LogP contribution in [0.15, 0.2) is 29.2 Å². The second kappa shape index (κ2) is 6.58. The fourth-order valence-electron chi connectivity index (χ4n) is 1.71. The van der Waals surface area contributed by atoms with Crippen LogP contribution in [0, 0.1) is 11.3 Å². The van der Waals surface area contributed by atoms with Gasteiger partial charge < -0.3 is 5.11 Å². The van der Waals surface area contributed by atoms with Gasteiger partial charge in [0.05, 0.1) is 10.3 Å². The number of carbonyl (C=O) groups is 1. The first-order valence-corrected chi connectivity index (χ1v) is 8.35. The van der Waals surface area contributed by atoms with Crippen molar-refractivity contribution in [2.24, 2.45) is 11.3 Å². The number of hydrogen-bond acceptors (Lipinski definition) is 3. The minimum Gasteiger partial charge on any atom is -0.481 e. The van der Waals surface area contributed by atoms with Gasteiger partial charge in [-0.2, -0.15) is 0 Å². The Hall–Kier alpha value is -1.40. The smallest absolute Gasteiger partial charge is 0.310 e. The first kappa shape index (κ1) is 17.7. The summed E-state index contributed by atoms with van der Waals surface area (Å²) < 4.78 is 26.6. The molecular weight excluding hydrogens is 290 g/mol. The van der Waals surface area contributed by atoms with Gasteiger partial charge in [-0.3, -0.25) is 4.79 Å². The van der Waals surface area contributed by atoms with Gasteiger partial charge in [-0.25, -0.2) is 13.1 Å². The molecule has 1 aromatic carbocycles. The quantitative estimate of drug-likeness (QED) is 0.809. The molecule has 0 atom stereocenters. The zero-order chi connectivity index (χ0) is 16.3. The Labute approximate surface area is 126 Å². The molecule has 0 unspecified atom stereocenters. The molecule has 1 aromatic rings. The lowest BCUT2D eigenvalue weighted by molar-refractivity contribution is -0.146. The third kappa shape index (κ3) is 5.13. The van der Waals surface area contributed by atoms with Gasteiger partial charge >= 0.3 is 5.97 Å². The topological polar surface area (TPSA) is 83.5 Å². The average Bonchev–Trinajstić information content (AvgIpc) is 2.36. The molecule has 0 bridgehead atoms. The highest BCUT2D eigenvalue weighted by molar-refractivity contribution is 7.89. The van der Waals surface area contributed by atoms with Gasteiger partial charge in [-0.05, 0) is 43.9 Å². The molecule has 2 N–H and O–H groups in total. The molecule has 0 aromatic heterocycles.